The largest absolute Gasteiger partial charge is 0.416 e. The quantitative estimate of drug-likeness (QED) is 0.142. The van der Waals surface area contributed by atoms with E-state index >= 15 is 0 Å². The number of fused-ring (bicyclic) bond motifs is 18. The van der Waals surface area contributed by atoms with Gasteiger partial charge in [-0.2, -0.15) is 13.2 Å². The summed E-state index contributed by atoms with van der Waals surface area (Å²) in [6.07, 6.45) is 8.53. The summed E-state index contributed by atoms with van der Waals surface area (Å²) in [6.45, 7) is 6.44. The predicted molar refractivity (Wildman–Crippen MR) is 239 cm³/mol. The Bertz CT molecular complexity index is 3290. The molecule has 286 valence electrons. The van der Waals surface area contributed by atoms with Gasteiger partial charge in [0.05, 0.1) is 16.4 Å². The molecule has 12 rings (SSSR count). The first kappa shape index (κ1) is 35.7. The van der Waals surface area contributed by atoms with Crippen LogP contribution < -0.4 is 10.4 Å². The van der Waals surface area contributed by atoms with E-state index in [2.05, 4.69) is 180 Å². The van der Waals surface area contributed by atoms with Gasteiger partial charge < -0.3 is 0 Å². The Morgan fingerprint density at radius 2 is 0.864 bits per heavy atom. The molecule has 0 saturated heterocycles. The average Bonchev–Trinajstić information content (AvgIpc) is 3.89. The maximum absolute atomic E-state index is 14.7. The van der Waals surface area contributed by atoms with Gasteiger partial charge in [-0.1, -0.05) is 182 Å². The van der Waals surface area contributed by atoms with Gasteiger partial charge in [0.25, 0.3) is 0 Å². The number of alkyl halides is 3. The third-order valence-electron chi connectivity index (χ3n) is 14.1. The fourth-order valence-corrected chi connectivity index (χ4v) is 13.6. The van der Waals surface area contributed by atoms with Gasteiger partial charge in [0, 0.05) is 20.8 Å². The number of halogens is 5. The summed E-state index contributed by atoms with van der Waals surface area (Å²) >= 11 is 8.17. The van der Waals surface area contributed by atoms with Crippen molar-refractivity contribution >= 4 is 43.0 Å². The zero-order valence-corrected chi connectivity index (χ0v) is 35.6. The lowest BCUT2D eigenvalue weighted by molar-refractivity contribution is -0.137. The highest BCUT2D eigenvalue weighted by Crippen LogP contribution is 2.65. The van der Waals surface area contributed by atoms with Crippen molar-refractivity contribution in [2.45, 2.75) is 37.8 Å². The second kappa shape index (κ2) is 12.0. The van der Waals surface area contributed by atoms with E-state index in [1.54, 1.807) is 6.07 Å². The summed E-state index contributed by atoms with van der Waals surface area (Å²) < 4.78 is 46.2. The van der Waals surface area contributed by atoms with Crippen LogP contribution in [0.1, 0.15) is 55.6 Å². The molecule has 0 amide bonds. The standard InChI is InChI=1S/C54H35Br2F3/c1-28-16-20-32-33-21-17-29(2)25-43(33)52(42(32)24-28)40-12-4-8-36(48(40)38-10-6-14-46(55)50(38)52)37-9-5-13-41-49(37)39-11-7-15-47(56)51(39)53(41)44-26-30(3)18-22-34(44)35-23-19-31(27-45(35)53)54(57,58)59/h4-27,50-51H,1-3H3. The molecule has 3 unspecified atom stereocenters. The summed E-state index contributed by atoms with van der Waals surface area (Å²) in [5, 5.41) is 4.54. The highest BCUT2D eigenvalue weighted by molar-refractivity contribution is 9.12. The van der Waals surface area contributed by atoms with Crippen LogP contribution in [0.4, 0.5) is 13.2 Å². The lowest BCUT2D eigenvalue weighted by Crippen LogP contribution is -2.35. The molecule has 3 atom stereocenters. The molecule has 59 heavy (non-hydrogen) atoms. The smallest absolute Gasteiger partial charge is 0.166 e. The van der Waals surface area contributed by atoms with E-state index in [9.17, 15) is 13.2 Å². The van der Waals surface area contributed by atoms with Crippen molar-refractivity contribution in [2.24, 2.45) is 11.8 Å². The summed E-state index contributed by atoms with van der Waals surface area (Å²) in [4.78, 5) is 0. The minimum atomic E-state index is -4.49. The van der Waals surface area contributed by atoms with Crippen LogP contribution in [0, 0.1) is 43.0 Å². The van der Waals surface area contributed by atoms with Gasteiger partial charge in [-0.05, 0) is 121 Å². The summed E-state index contributed by atoms with van der Waals surface area (Å²) in [6, 6.07) is 38.0. The van der Waals surface area contributed by atoms with Gasteiger partial charge in [-0.3, -0.25) is 0 Å². The number of allylic oxidation sites excluding steroid dienone is 8. The molecule has 5 heteroatoms. The monoisotopic (exact) mass is 898 g/mol. The van der Waals surface area contributed by atoms with Crippen LogP contribution in [0.5, 0.6) is 0 Å². The Balaban J connectivity index is 1.28. The van der Waals surface area contributed by atoms with Crippen molar-refractivity contribution in [1.29, 1.82) is 0 Å². The zero-order chi connectivity index (χ0) is 40.3. The van der Waals surface area contributed by atoms with Gasteiger partial charge >= 0.3 is 6.18 Å². The van der Waals surface area contributed by atoms with E-state index in [4.69, 9.17) is 0 Å². The molecule has 6 aromatic carbocycles. The molecule has 0 nitrogen and oxygen atoms in total. The molecule has 0 bridgehead atoms. The van der Waals surface area contributed by atoms with Crippen molar-refractivity contribution in [1.82, 2.24) is 0 Å². The van der Waals surface area contributed by atoms with Crippen molar-refractivity contribution in [3.05, 3.63) is 231 Å². The maximum atomic E-state index is 14.7. The molecule has 6 aliphatic carbocycles. The van der Waals surface area contributed by atoms with Crippen LogP contribution >= 0.6 is 31.9 Å². The molecule has 0 aromatic heterocycles. The molecule has 0 N–H and O–H groups in total. The number of hydrogen-bond acceptors (Lipinski definition) is 0. The highest BCUT2D eigenvalue weighted by Gasteiger charge is 2.58. The van der Waals surface area contributed by atoms with Crippen LogP contribution in [0.25, 0.3) is 33.4 Å². The predicted octanol–water partition coefficient (Wildman–Crippen LogP) is 12.8. The molecule has 0 aliphatic heterocycles. The van der Waals surface area contributed by atoms with Gasteiger partial charge in [0.15, 0.2) is 0 Å². The fourth-order valence-electron chi connectivity index (χ4n) is 12.1. The highest BCUT2D eigenvalue weighted by atomic mass is 79.9. The van der Waals surface area contributed by atoms with E-state index in [1.165, 1.54) is 61.9 Å². The molecule has 2 spiro atoms. The molecule has 6 aliphatic rings. The van der Waals surface area contributed by atoms with Crippen molar-refractivity contribution in [3.8, 4) is 22.3 Å². The van der Waals surface area contributed by atoms with Crippen molar-refractivity contribution < 1.29 is 13.2 Å². The van der Waals surface area contributed by atoms with Crippen LogP contribution in [-0.4, -0.2) is 0 Å². The Morgan fingerprint density at radius 3 is 1.27 bits per heavy atom. The molecular weight excluding hydrogens is 865 g/mol. The fraction of sp³-hybridized carbons (Fsp3) is 0.148. The minimum Gasteiger partial charge on any atom is -0.166 e. The molecule has 0 fully saturated rings. The lowest BCUT2D eigenvalue weighted by atomic mass is 9.64. The lowest BCUT2D eigenvalue weighted by Gasteiger charge is -2.38. The molecule has 0 radical (unpaired) electrons. The average molecular weight is 901 g/mol. The summed E-state index contributed by atoms with van der Waals surface area (Å²) in [5.74, 6) is -0.275. The normalized spacial score (nSPS) is 22.4. The molecular formula is C54H35Br2F3. The van der Waals surface area contributed by atoms with Gasteiger partial charge in [-0.15, -0.1) is 0 Å². The Hall–Kier alpha value is -5.23. The van der Waals surface area contributed by atoms with Crippen LogP contribution in [0.3, 0.4) is 0 Å². The first-order chi connectivity index (χ1) is 28.4. The molecule has 6 aromatic rings. The third kappa shape index (κ3) is 4.35. The van der Waals surface area contributed by atoms with Crippen molar-refractivity contribution in [3.63, 3.8) is 0 Å². The first-order valence-electron chi connectivity index (χ1n) is 20.1. The Morgan fingerprint density at radius 1 is 0.475 bits per heavy atom. The van der Waals surface area contributed by atoms with E-state index in [0.29, 0.717) is 5.56 Å². The van der Waals surface area contributed by atoms with Crippen LogP contribution in [0.15, 0.2) is 155 Å². The van der Waals surface area contributed by atoms with Crippen LogP contribution in [-0.2, 0) is 17.0 Å². The zero-order valence-electron chi connectivity index (χ0n) is 32.4. The van der Waals surface area contributed by atoms with Crippen molar-refractivity contribution in [2.75, 3.05) is 0 Å². The number of aryl methyl sites for hydroxylation is 3. The minimum absolute atomic E-state index is 0.000223. The van der Waals surface area contributed by atoms with Gasteiger partial charge in [0.1, 0.15) is 0 Å². The maximum Gasteiger partial charge on any atom is 0.416 e. The number of rotatable bonds is 0. The summed E-state index contributed by atoms with van der Waals surface area (Å²) in [7, 11) is 0. The second-order valence-corrected chi connectivity index (χ2v) is 18.9. The van der Waals surface area contributed by atoms with Gasteiger partial charge in [-0.25, -0.2) is 0 Å². The Kier molecular flexibility index (Phi) is 7.23. The van der Waals surface area contributed by atoms with E-state index in [-0.39, 0.29) is 11.8 Å². The number of hydrogen-bond donors (Lipinski definition) is 0. The molecule has 0 saturated carbocycles. The van der Waals surface area contributed by atoms with Gasteiger partial charge in [0.2, 0.25) is 0 Å². The third-order valence-corrected chi connectivity index (χ3v) is 15.5. The van der Waals surface area contributed by atoms with E-state index in [0.717, 1.165) is 58.0 Å². The SMILES string of the molecule is Cc1ccc2c(c1)C1(c3cc(C)ccc3-2)c2cccc(=c3cccc4c3=C3C=CC=C(Br)C3C43c4cc(C)ccc4-c4ccc(C(F)(F)F)cc43)c2=C2C=CC=C(Br)C21. The Labute approximate surface area is 357 Å². The molecule has 0 heterocycles. The first-order valence-corrected chi connectivity index (χ1v) is 21.7. The summed E-state index contributed by atoms with van der Waals surface area (Å²) in [5.41, 5.74) is 15.0. The second-order valence-electron chi connectivity index (χ2n) is 17.1. The van der Waals surface area contributed by atoms with Crippen LogP contribution in [0.2, 0.25) is 0 Å². The van der Waals surface area contributed by atoms with E-state index in [1.807, 2.05) is 0 Å². The topological polar surface area (TPSA) is 0 Å². The van der Waals surface area contributed by atoms with E-state index < -0.39 is 22.6 Å². The number of benzene rings is 6.